The van der Waals surface area contributed by atoms with E-state index in [0.29, 0.717) is 12.8 Å². The number of ether oxygens (including phenoxy) is 1. The number of fused-ring (bicyclic) bond motifs is 3. The van der Waals surface area contributed by atoms with Crippen LogP contribution in [0.15, 0.2) is 42.5 Å². The number of carbonyl (C=O) groups is 7. The van der Waals surface area contributed by atoms with Gasteiger partial charge in [0.15, 0.2) is 0 Å². The van der Waals surface area contributed by atoms with E-state index in [1.165, 1.54) is 41.0 Å². The number of amides is 7. The molecule has 4 fully saturated rings. The van der Waals surface area contributed by atoms with E-state index in [2.05, 4.69) is 26.0 Å². The molecule has 4 saturated heterocycles. The summed E-state index contributed by atoms with van der Waals surface area (Å²) in [5.74, 6) is -6.46. The first kappa shape index (κ1) is 47.1. The van der Waals surface area contributed by atoms with Gasteiger partial charge in [-0.2, -0.15) is 0 Å². The van der Waals surface area contributed by atoms with Crippen LogP contribution in [0.2, 0.25) is 5.02 Å². The summed E-state index contributed by atoms with van der Waals surface area (Å²) in [4.78, 5) is 102. The monoisotopic (exact) mass is 920 g/mol. The molecule has 0 saturated carbocycles. The largest absolute Gasteiger partial charge is 0.461 e. The molecule has 0 spiro atoms. The minimum absolute atomic E-state index is 0.0510. The molecule has 6 rings (SSSR count). The van der Waals surface area contributed by atoms with Gasteiger partial charge in [-0.05, 0) is 87.3 Å². The number of nitrogens with one attached hydrogen (secondary N) is 5. The average Bonchev–Trinajstić information content (AvgIpc) is 3.62. The van der Waals surface area contributed by atoms with E-state index in [-0.39, 0.29) is 73.9 Å². The fourth-order valence-electron chi connectivity index (χ4n) is 8.59. The molecule has 5 N–H and O–H groups in total. The lowest BCUT2D eigenvalue weighted by Crippen LogP contribution is -2.66. The Morgan fingerprint density at radius 2 is 1.65 bits per heavy atom. The van der Waals surface area contributed by atoms with Crippen molar-refractivity contribution in [1.82, 2.24) is 35.4 Å². The maximum Gasteiger partial charge on any atom is 0.328 e. The number of urea groups is 1. The second-order valence-corrected chi connectivity index (χ2v) is 18.8. The molecule has 4 heterocycles. The van der Waals surface area contributed by atoms with Gasteiger partial charge in [-0.3, -0.25) is 24.0 Å². The van der Waals surface area contributed by atoms with Crippen LogP contribution >= 0.6 is 11.6 Å². The Hall–Kier alpha value is -5.41. The molecule has 8 atom stereocenters. The molecule has 342 valence electrons. The van der Waals surface area contributed by atoms with Crippen LogP contribution < -0.4 is 26.0 Å². The molecular weight excluding hydrogens is 870 g/mol. The normalized spacial score (nSPS) is 26.7. The zero-order chi connectivity index (χ0) is 45.7. The molecule has 0 aromatic heterocycles. The average molecular weight is 921 g/mol. The van der Waals surface area contributed by atoms with E-state index in [9.17, 15) is 50.8 Å². The van der Waals surface area contributed by atoms with E-state index in [1.54, 1.807) is 0 Å². The van der Waals surface area contributed by atoms with Crippen LogP contribution in [0.4, 0.5) is 19.3 Å². The lowest BCUT2D eigenvalue weighted by molar-refractivity contribution is -0.160. The van der Waals surface area contributed by atoms with Gasteiger partial charge in [0.05, 0.1) is 11.9 Å². The van der Waals surface area contributed by atoms with Crippen LogP contribution in [0.3, 0.4) is 0 Å². The van der Waals surface area contributed by atoms with Gasteiger partial charge in [-0.25, -0.2) is 31.5 Å². The number of carbonyl (C=O) groups excluding carboxylic acids is 7. The number of hydrogen-bond acceptors (Lipinski definition) is 10. The SMILES string of the molecule is C[C@@H]1C[C@H]2C(=O)OC[C@H](NC(=O)[C@H](Cc3cccc(F)c3)NC(=O)Nc3ccc(Cl)cc3F)C(=O)N3CC(NS(C)(=O)=O)CC[C@H]3C(=O)N3CCCC[C@H]3C(=O)N[C@@H](C)C(=O)N2C1. The Balaban J connectivity index is 1.37. The molecule has 63 heavy (non-hydrogen) atoms. The highest BCUT2D eigenvalue weighted by Gasteiger charge is 2.46. The number of benzene rings is 2. The van der Waals surface area contributed by atoms with Crippen molar-refractivity contribution in [2.45, 2.75) is 101 Å². The smallest absolute Gasteiger partial charge is 0.328 e. The lowest BCUT2D eigenvalue weighted by atomic mass is 9.93. The van der Waals surface area contributed by atoms with Gasteiger partial charge in [0, 0.05) is 37.1 Å². The van der Waals surface area contributed by atoms with E-state index < -0.39 is 112 Å². The van der Waals surface area contributed by atoms with Gasteiger partial charge in [-0.1, -0.05) is 30.7 Å². The minimum atomic E-state index is -3.83. The molecular formula is C41H51ClF2N8O10S. The van der Waals surface area contributed by atoms with Crippen molar-refractivity contribution in [2.24, 2.45) is 5.92 Å². The summed E-state index contributed by atoms with van der Waals surface area (Å²) in [5, 5.41) is 10.0. The first-order chi connectivity index (χ1) is 29.8. The number of piperidine rings is 2. The molecule has 22 heteroatoms. The number of anilines is 1. The minimum Gasteiger partial charge on any atom is -0.461 e. The number of sulfonamides is 1. The Labute approximate surface area is 368 Å². The van der Waals surface area contributed by atoms with Gasteiger partial charge in [-0.15, -0.1) is 0 Å². The molecule has 4 aliphatic rings. The lowest BCUT2D eigenvalue weighted by Gasteiger charge is -2.44. The highest BCUT2D eigenvalue weighted by atomic mass is 35.5. The highest BCUT2D eigenvalue weighted by molar-refractivity contribution is 7.88. The molecule has 0 aliphatic carbocycles. The standard InChI is InChI=1S/C41H51ClF2N8O10S/c1-22-15-34-40(58)62-21-31(46-35(53)30(17-24-7-6-8-26(43)16-24)48-41(59)47-29-12-10-25(42)18-28(29)44)38(56)52-20-27(49-63(3,60)61)11-13-33(52)39(57)50-14-5-4-9-32(50)36(54)45-23(2)37(55)51(34)19-22/h6-8,10,12,16,18,22-23,27,30-34,49H,4-5,9,11,13-15,17,19-21H2,1-3H3,(H,45,54)(H,46,53)(H2,47,48,59)/t22-,23+,27?,30+,31+,32+,33+,34+/m1/s1. The van der Waals surface area contributed by atoms with Crippen LogP contribution in [0.1, 0.15) is 57.9 Å². The second-order valence-electron chi connectivity index (χ2n) is 16.6. The summed E-state index contributed by atoms with van der Waals surface area (Å²) < 4.78 is 62.0. The summed E-state index contributed by atoms with van der Waals surface area (Å²) >= 11 is 5.85. The Bertz CT molecular complexity index is 2240. The van der Waals surface area contributed by atoms with E-state index in [0.717, 1.165) is 29.4 Å². The van der Waals surface area contributed by atoms with Crippen LogP contribution in [-0.4, -0.2) is 139 Å². The van der Waals surface area contributed by atoms with Crippen molar-refractivity contribution in [1.29, 1.82) is 0 Å². The summed E-state index contributed by atoms with van der Waals surface area (Å²) in [5.41, 5.74) is -0.0641. The molecule has 1 unspecified atom stereocenters. The second kappa shape index (κ2) is 20.0. The summed E-state index contributed by atoms with van der Waals surface area (Å²) in [6.07, 6.45) is 2.15. The Kier molecular flexibility index (Phi) is 14.9. The van der Waals surface area contributed by atoms with Crippen molar-refractivity contribution < 1.29 is 55.5 Å². The summed E-state index contributed by atoms with van der Waals surface area (Å²) in [7, 11) is -3.83. The van der Waals surface area contributed by atoms with E-state index >= 15 is 0 Å². The van der Waals surface area contributed by atoms with Crippen LogP contribution in [0, 0.1) is 17.6 Å². The van der Waals surface area contributed by atoms with E-state index in [1.807, 2.05) is 6.92 Å². The number of nitrogens with zero attached hydrogens (tertiary/aromatic N) is 3. The van der Waals surface area contributed by atoms with Gasteiger partial charge in [0.2, 0.25) is 39.6 Å². The van der Waals surface area contributed by atoms with Crippen LogP contribution in [0.5, 0.6) is 0 Å². The zero-order valence-corrected chi connectivity index (χ0v) is 36.5. The predicted octanol–water partition coefficient (Wildman–Crippen LogP) is 1.42. The van der Waals surface area contributed by atoms with Gasteiger partial charge in [0.25, 0.3) is 0 Å². The van der Waals surface area contributed by atoms with Crippen LogP contribution in [0.25, 0.3) is 0 Å². The van der Waals surface area contributed by atoms with Crippen molar-refractivity contribution in [3.05, 3.63) is 64.7 Å². The van der Waals surface area contributed by atoms with Crippen molar-refractivity contribution in [3.63, 3.8) is 0 Å². The summed E-state index contributed by atoms with van der Waals surface area (Å²) in [6, 6.07) is -1.30. The Morgan fingerprint density at radius 1 is 0.905 bits per heavy atom. The molecule has 0 radical (unpaired) electrons. The third-order valence-electron chi connectivity index (χ3n) is 11.6. The third-order valence-corrected chi connectivity index (χ3v) is 12.5. The quantitative estimate of drug-likeness (QED) is 0.239. The molecule has 7 amide bonds. The summed E-state index contributed by atoms with van der Waals surface area (Å²) in [6.45, 7) is 2.37. The molecule has 0 bridgehead atoms. The first-order valence-corrected chi connectivity index (χ1v) is 23.0. The predicted molar refractivity (Wildman–Crippen MR) is 223 cm³/mol. The van der Waals surface area contributed by atoms with E-state index in [4.69, 9.17) is 16.3 Å². The topological polar surface area (TPSA) is 233 Å². The Morgan fingerprint density at radius 3 is 2.37 bits per heavy atom. The van der Waals surface area contributed by atoms with Gasteiger partial charge in [0.1, 0.15) is 54.5 Å². The van der Waals surface area contributed by atoms with Gasteiger partial charge < -0.3 is 40.7 Å². The molecule has 2 aromatic carbocycles. The zero-order valence-electron chi connectivity index (χ0n) is 34.9. The highest BCUT2D eigenvalue weighted by Crippen LogP contribution is 2.28. The number of halogens is 3. The van der Waals surface area contributed by atoms with Crippen LogP contribution in [-0.2, 0) is 49.9 Å². The third kappa shape index (κ3) is 11.8. The van der Waals surface area contributed by atoms with Gasteiger partial charge >= 0.3 is 12.0 Å². The maximum absolute atomic E-state index is 15.0. The molecule has 2 aromatic rings. The molecule has 4 aliphatic heterocycles. The number of hydrogen-bond donors (Lipinski definition) is 5. The van der Waals surface area contributed by atoms with Crippen molar-refractivity contribution in [2.75, 3.05) is 37.8 Å². The maximum atomic E-state index is 15.0. The number of esters is 1. The van der Waals surface area contributed by atoms with Crippen molar-refractivity contribution >= 4 is 68.8 Å². The number of rotatable bonds is 8. The number of cyclic esters (lactones) is 1. The molecule has 18 nitrogen and oxygen atoms in total. The fourth-order valence-corrected chi connectivity index (χ4v) is 9.54. The first-order valence-electron chi connectivity index (χ1n) is 20.7. The van der Waals surface area contributed by atoms with Crippen molar-refractivity contribution in [3.8, 4) is 0 Å². The fraction of sp³-hybridized carbons (Fsp3) is 0.537.